The third-order valence-corrected chi connectivity index (χ3v) is 10.5. The summed E-state index contributed by atoms with van der Waals surface area (Å²) < 4.78 is 94.6. The van der Waals surface area contributed by atoms with Crippen LogP contribution in [0.2, 0.25) is 0 Å². The highest BCUT2D eigenvalue weighted by molar-refractivity contribution is 8.10. The molecule has 0 saturated carbocycles. The number of sulfonamides is 2. The van der Waals surface area contributed by atoms with E-state index in [-0.39, 0.29) is 13.2 Å². The van der Waals surface area contributed by atoms with Gasteiger partial charge in [-0.3, -0.25) is 29.8 Å². The quantitative estimate of drug-likeness (QED) is 0.0649. The molecule has 274 valence electrons. The number of nitro benzene ring substituents is 2. The highest BCUT2D eigenvalue weighted by Crippen LogP contribution is 2.31. The molecule has 0 radical (unpaired) electrons. The summed E-state index contributed by atoms with van der Waals surface area (Å²) in [5.74, 6) is -6.24. The molecule has 0 bridgehead atoms. The molecule has 0 aliphatic rings. The molecule has 51 heavy (non-hydrogen) atoms. The number of nitro groups is 2. The number of benzene rings is 2. The van der Waals surface area contributed by atoms with Crippen molar-refractivity contribution in [3.05, 3.63) is 96.9 Å². The number of halogens is 3. The van der Waals surface area contributed by atoms with Crippen molar-refractivity contribution in [2.45, 2.75) is 28.8 Å². The molecule has 2 aromatic carbocycles. The van der Waals surface area contributed by atoms with Gasteiger partial charge in [-0.25, -0.2) is 21.6 Å². The summed E-state index contributed by atoms with van der Waals surface area (Å²) in [5, 5.41) is 27.7. The summed E-state index contributed by atoms with van der Waals surface area (Å²) >= 11 is 0. The van der Waals surface area contributed by atoms with Crippen molar-refractivity contribution in [3.8, 4) is 0 Å². The second kappa shape index (κ2) is 15.1. The fourth-order valence-electron chi connectivity index (χ4n) is 3.90. The highest BCUT2D eigenvalue weighted by atomic mass is 32.3. The molecule has 0 aliphatic carbocycles. The number of non-ortho nitro benzene ring substituents is 2. The number of guanidine groups is 1. The molecule has 0 spiro atoms. The van der Waals surface area contributed by atoms with E-state index in [1.54, 1.807) is 0 Å². The molecule has 3 rings (SSSR count). The van der Waals surface area contributed by atoms with Crippen LogP contribution in [-0.4, -0.2) is 68.6 Å². The number of anilines is 1. The average Bonchev–Trinajstić information content (AvgIpc) is 3.05. The fourth-order valence-corrected chi connectivity index (χ4v) is 7.59. The average molecular weight is 765 g/mol. The predicted octanol–water partition coefficient (Wildman–Crippen LogP) is 0.191. The molecule has 3 aromatic rings. The van der Waals surface area contributed by atoms with Crippen LogP contribution in [0.3, 0.4) is 0 Å². The third kappa shape index (κ3) is 8.84. The van der Waals surface area contributed by atoms with E-state index in [0.717, 1.165) is 6.92 Å². The van der Waals surface area contributed by atoms with Gasteiger partial charge in [0.15, 0.2) is 0 Å². The fraction of sp³-hybridized carbons (Fsp3) is 0.200. The molecule has 5 N–H and O–H groups in total. The summed E-state index contributed by atoms with van der Waals surface area (Å²) in [7, 11) is -11.2. The summed E-state index contributed by atoms with van der Waals surface area (Å²) in [6.07, 6.45) is -5.78. The lowest BCUT2D eigenvalue weighted by molar-refractivity contribution is -0.385. The zero-order chi connectivity index (χ0) is 38.5. The topological polar surface area (TPSA) is 309 Å². The van der Waals surface area contributed by atoms with E-state index in [1.165, 1.54) is 0 Å². The van der Waals surface area contributed by atoms with Crippen LogP contribution >= 0.6 is 0 Å². The molecule has 0 fully saturated rings. The summed E-state index contributed by atoms with van der Waals surface area (Å²) in [6.45, 7) is 0.359. The Bertz CT molecular complexity index is 2070. The minimum atomic E-state index is -5.78. The standard InChI is InChI=1S/C25H23F3N8O13S2/c1-14(21(37)31-12-13-48-32-24(29)30)19-10-11-20(22(38)33(19)49-23(39)25(26,27)28)36(50(44,45)17-6-2-15(3-7-17)34(40)41)51(46,47)18-8-4-16(5-9-18)35(42)43/h2-11,14H,12-13H2,1H3,(H,31,37)(H4,29,30,32). The molecule has 1 atom stereocenters. The van der Waals surface area contributed by atoms with E-state index < -0.39 is 106 Å². The van der Waals surface area contributed by atoms with Crippen molar-refractivity contribution in [1.29, 1.82) is 0 Å². The maximum atomic E-state index is 13.9. The number of pyridine rings is 1. The van der Waals surface area contributed by atoms with Crippen molar-refractivity contribution in [3.63, 3.8) is 0 Å². The number of aromatic nitrogens is 1. The van der Waals surface area contributed by atoms with Crippen molar-refractivity contribution in [1.82, 2.24) is 10.0 Å². The Kier molecular flexibility index (Phi) is 11.6. The lowest BCUT2D eigenvalue weighted by atomic mass is 10.1. The van der Waals surface area contributed by atoms with E-state index in [9.17, 15) is 64.6 Å². The van der Waals surface area contributed by atoms with Crippen LogP contribution in [0.15, 0.2) is 80.4 Å². The largest absolute Gasteiger partial charge is 0.493 e. The summed E-state index contributed by atoms with van der Waals surface area (Å²) in [4.78, 5) is 65.8. The maximum Gasteiger partial charge on any atom is 0.493 e. The zero-order valence-corrected chi connectivity index (χ0v) is 27.0. The van der Waals surface area contributed by atoms with Crippen LogP contribution in [0.5, 0.6) is 0 Å². The van der Waals surface area contributed by atoms with E-state index in [2.05, 4.69) is 20.1 Å². The minimum absolute atomic E-state index is 0.320. The second-order valence-electron chi connectivity index (χ2n) is 9.69. The second-order valence-corrected chi connectivity index (χ2v) is 13.5. The number of nitrogens with two attached hydrogens (primary N) is 2. The van der Waals surface area contributed by atoms with E-state index in [4.69, 9.17) is 11.5 Å². The Labute approximate surface area is 283 Å². The Balaban J connectivity index is 2.30. The van der Waals surface area contributed by atoms with Crippen LogP contribution in [0.25, 0.3) is 0 Å². The van der Waals surface area contributed by atoms with Gasteiger partial charge in [0.2, 0.25) is 11.9 Å². The smallest absolute Gasteiger partial charge is 0.391 e. The number of hydrogen-bond donors (Lipinski definition) is 3. The molecular formula is C25H23F3N8O13S2. The van der Waals surface area contributed by atoms with Crippen LogP contribution in [0.4, 0.5) is 30.2 Å². The monoisotopic (exact) mass is 764 g/mol. The first kappa shape index (κ1) is 39.1. The lowest BCUT2D eigenvalue weighted by Gasteiger charge is -2.25. The third-order valence-electron chi connectivity index (χ3n) is 6.28. The summed E-state index contributed by atoms with van der Waals surface area (Å²) in [5.41, 5.74) is 4.47. The first-order valence-corrected chi connectivity index (χ1v) is 16.3. The van der Waals surface area contributed by atoms with Crippen LogP contribution in [-0.2, 0) is 34.5 Å². The Hall–Kier alpha value is -6.31. The number of carbonyl (C=O) groups excluding carboxylic acids is 2. The number of amides is 1. The Morgan fingerprint density at radius 1 is 0.922 bits per heavy atom. The van der Waals surface area contributed by atoms with Gasteiger partial charge in [-0.2, -0.15) is 16.9 Å². The van der Waals surface area contributed by atoms with E-state index in [1.807, 2.05) is 0 Å². The first-order chi connectivity index (χ1) is 23.6. The molecule has 1 amide bonds. The molecule has 26 heteroatoms. The van der Waals surface area contributed by atoms with Gasteiger partial charge in [0, 0.05) is 24.3 Å². The van der Waals surface area contributed by atoms with Crippen LogP contribution in [0, 0.1) is 20.2 Å². The number of nitrogens with zero attached hydrogens (tertiary/aromatic N) is 5. The van der Waals surface area contributed by atoms with Gasteiger partial charge in [-0.15, -0.1) is 4.73 Å². The number of alkyl halides is 3. The van der Waals surface area contributed by atoms with Crippen molar-refractivity contribution in [2.24, 2.45) is 16.6 Å². The molecule has 1 heterocycles. The van der Waals surface area contributed by atoms with Crippen molar-refractivity contribution in [2.75, 3.05) is 16.9 Å². The number of rotatable bonds is 14. The number of hydrogen-bond acceptors (Lipinski definition) is 14. The van der Waals surface area contributed by atoms with Crippen LogP contribution < -0.4 is 30.9 Å². The Morgan fingerprint density at radius 3 is 1.80 bits per heavy atom. The van der Waals surface area contributed by atoms with Gasteiger partial charge in [-0.1, -0.05) is 0 Å². The normalized spacial score (nSPS) is 12.2. The van der Waals surface area contributed by atoms with Gasteiger partial charge in [0.05, 0.1) is 37.8 Å². The maximum absolute atomic E-state index is 13.9. The SMILES string of the molecule is CC(C(=O)NCCON=C(N)N)c1ccc(N(S(=O)(=O)c2ccc([N+](=O)[O-])cc2)S(=O)(=O)c2ccc([N+](=O)[O-])cc2)c(=O)n1OC(=O)C(F)(F)F. The number of oxime groups is 1. The number of carbonyl (C=O) groups is 2. The zero-order valence-electron chi connectivity index (χ0n) is 25.4. The van der Waals surface area contributed by atoms with Gasteiger partial charge >= 0.3 is 17.7 Å². The van der Waals surface area contributed by atoms with Crippen LogP contribution in [0.1, 0.15) is 18.5 Å². The lowest BCUT2D eigenvalue weighted by Crippen LogP contribution is -2.46. The molecule has 21 nitrogen and oxygen atoms in total. The molecule has 0 saturated heterocycles. The molecule has 1 unspecified atom stereocenters. The van der Waals surface area contributed by atoms with Gasteiger partial charge in [-0.05, 0) is 48.5 Å². The molecular weight excluding hydrogens is 741 g/mol. The van der Waals surface area contributed by atoms with E-state index in [0.29, 0.717) is 60.7 Å². The number of nitrogens with one attached hydrogen (secondary N) is 1. The highest BCUT2D eigenvalue weighted by Gasteiger charge is 2.44. The minimum Gasteiger partial charge on any atom is -0.391 e. The predicted molar refractivity (Wildman–Crippen MR) is 165 cm³/mol. The molecule has 0 aliphatic heterocycles. The Morgan fingerprint density at radius 2 is 1.39 bits per heavy atom. The van der Waals surface area contributed by atoms with Gasteiger partial charge in [0.25, 0.3) is 31.4 Å². The molecule has 1 aromatic heterocycles. The van der Waals surface area contributed by atoms with Gasteiger partial charge in [0.1, 0.15) is 12.3 Å². The summed E-state index contributed by atoms with van der Waals surface area (Å²) in [6, 6.07) is 5.97. The van der Waals surface area contributed by atoms with E-state index >= 15 is 0 Å². The van der Waals surface area contributed by atoms with Gasteiger partial charge < -0.3 is 26.5 Å². The van der Waals surface area contributed by atoms with Crippen molar-refractivity contribution >= 4 is 54.9 Å². The van der Waals surface area contributed by atoms with Crippen molar-refractivity contribution < 1.29 is 59.1 Å². The first-order valence-electron chi connectivity index (χ1n) is 13.4.